The summed E-state index contributed by atoms with van der Waals surface area (Å²) in [6.45, 7) is 4.64. The van der Waals surface area contributed by atoms with Crippen LogP contribution in [0.1, 0.15) is 43.6 Å². The number of nitrogens with two attached hydrogens (primary N) is 1. The van der Waals surface area contributed by atoms with E-state index in [1.54, 1.807) is 0 Å². The minimum absolute atomic E-state index is 0.0938. The van der Waals surface area contributed by atoms with E-state index in [1.807, 2.05) is 23.1 Å². The average Bonchev–Trinajstić information content (AvgIpc) is 3.50. The lowest BCUT2D eigenvalue weighted by molar-refractivity contribution is 0.407. The van der Waals surface area contributed by atoms with E-state index in [4.69, 9.17) is 5.73 Å². The van der Waals surface area contributed by atoms with Gasteiger partial charge in [-0.25, -0.2) is 0 Å². The van der Waals surface area contributed by atoms with Crippen LogP contribution in [-0.2, 0) is 5.41 Å². The van der Waals surface area contributed by atoms with Gasteiger partial charge in [0.15, 0.2) is 0 Å². The van der Waals surface area contributed by atoms with Crippen molar-refractivity contribution >= 4 is 38.8 Å². The zero-order valence-corrected chi connectivity index (χ0v) is 25.4. The van der Waals surface area contributed by atoms with Crippen molar-refractivity contribution in [2.75, 3.05) is 6.26 Å². The molecule has 1 heterocycles. The van der Waals surface area contributed by atoms with Gasteiger partial charge in [0.25, 0.3) is 0 Å². The first-order valence-electron chi connectivity index (χ1n) is 13.6. The molecule has 0 unspecified atom stereocenters. The molecule has 0 fully saturated rings. The van der Waals surface area contributed by atoms with Crippen molar-refractivity contribution in [3.63, 3.8) is 0 Å². The standard InChI is InChI=1S/C35H37NS3/c1-4-35(5-2)23-21-27(37-3)25-31(26-33(36)32-22-24-38-34(32)35)39(28-15-9-6-10-16-28,29-17-11-7-12-18-29)30-19-13-8-14-20-30/h6-22,24-26H,4-5,23,36H2,1-3H3/b27-21-,31-25+,33-26-. The van der Waals surface area contributed by atoms with Crippen LogP contribution in [0.4, 0.5) is 0 Å². The molecule has 1 nitrogen and oxygen atoms in total. The highest BCUT2D eigenvalue weighted by molar-refractivity contribution is 8.37. The summed E-state index contributed by atoms with van der Waals surface area (Å²) in [7, 11) is -1.85. The molecule has 0 atom stereocenters. The first-order valence-corrected chi connectivity index (χ1v) is 17.3. The number of thioether (sulfide) groups is 1. The maximum atomic E-state index is 7.13. The zero-order chi connectivity index (χ0) is 27.3. The van der Waals surface area contributed by atoms with Crippen molar-refractivity contribution in [3.8, 4) is 0 Å². The smallest absolute Gasteiger partial charge is 0.0410 e. The van der Waals surface area contributed by atoms with Crippen LogP contribution in [0.5, 0.6) is 0 Å². The molecule has 0 bridgehead atoms. The molecule has 200 valence electrons. The van der Waals surface area contributed by atoms with E-state index in [2.05, 4.69) is 141 Å². The third-order valence-corrected chi connectivity index (χ3v) is 13.8. The van der Waals surface area contributed by atoms with Crippen LogP contribution in [0, 0.1) is 0 Å². The Morgan fingerprint density at radius 2 is 1.28 bits per heavy atom. The molecule has 4 heteroatoms. The normalized spacial score (nSPS) is 19.9. The van der Waals surface area contributed by atoms with Crippen molar-refractivity contribution in [1.82, 2.24) is 0 Å². The highest BCUT2D eigenvalue weighted by atomic mass is 32.3. The Morgan fingerprint density at radius 1 is 0.769 bits per heavy atom. The second-order valence-corrected chi connectivity index (χ2v) is 14.8. The summed E-state index contributed by atoms with van der Waals surface area (Å²) in [5, 5.41) is 2.22. The molecule has 0 radical (unpaired) electrons. The van der Waals surface area contributed by atoms with E-state index in [-0.39, 0.29) is 5.41 Å². The zero-order valence-electron chi connectivity index (χ0n) is 23.0. The van der Waals surface area contributed by atoms with Gasteiger partial charge in [-0.2, -0.15) is 0 Å². The van der Waals surface area contributed by atoms with E-state index in [0.717, 1.165) is 25.0 Å². The van der Waals surface area contributed by atoms with Gasteiger partial charge in [0.05, 0.1) is 0 Å². The SMILES string of the molecule is CCC1(CC)C/C=C(SC)/C=C(S(c2ccccc2)(c2ccccc2)c2ccccc2)\C=C(/N)c2ccsc21. The van der Waals surface area contributed by atoms with E-state index in [0.29, 0.717) is 0 Å². The molecule has 39 heavy (non-hydrogen) atoms. The van der Waals surface area contributed by atoms with Gasteiger partial charge in [-0.3, -0.25) is 0 Å². The predicted molar refractivity (Wildman–Crippen MR) is 175 cm³/mol. The van der Waals surface area contributed by atoms with E-state index in [1.165, 1.54) is 34.9 Å². The molecular weight excluding hydrogens is 531 g/mol. The molecule has 4 aromatic rings. The predicted octanol–water partition coefficient (Wildman–Crippen LogP) is 10.6. The highest BCUT2D eigenvalue weighted by Gasteiger charge is 2.36. The molecule has 0 amide bonds. The summed E-state index contributed by atoms with van der Waals surface area (Å²) in [5.74, 6) is 0. The second-order valence-electron chi connectivity index (χ2n) is 9.86. The van der Waals surface area contributed by atoms with Gasteiger partial charge in [0.1, 0.15) is 0 Å². The fraction of sp³-hybridized carbons (Fsp3) is 0.200. The van der Waals surface area contributed by atoms with Gasteiger partial charge in [-0.05, 0) is 85.5 Å². The lowest BCUT2D eigenvalue weighted by Gasteiger charge is -2.43. The van der Waals surface area contributed by atoms with Crippen LogP contribution in [0.2, 0.25) is 0 Å². The van der Waals surface area contributed by atoms with Crippen molar-refractivity contribution in [2.45, 2.75) is 53.2 Å². The summed E-state index contributed by atoms with van der Waals surface area (Å²) in [5.41, 5.74) is 9.27. The van der Waals surface area contributed by atoms with Gasteiger partial charge in [0, 0.05) is 46.0 Å². The molecule has 1 aliphatic rings. The van der Waals surface area contributed by atoms with Crippen LogP contribution in [0.3, 0.4) is 0 Å². The first kappa shape index (κ1) is 27.6. The number of thiophene rings is 1. The van der Waals surface area contributed by atoms with Crippen LogP contribution < -0.4 is 5.73 Å². The first-order chi connectivity index (χ1) is 19.1. The lowest BCUT2D eigenvalue weighted by Crippen LogP contribution is -2.24. The van der Waals surface area contributed by atoms with E-state index >= 15 is 0 Å². The molecular formula is C35H37NS3. The van der Waals surface area contributed by atoms with Crippen molar-refractivity contribution in [2.24, 2.45) is 5.73 Å². The summed E-state index contributed by atoms with van der Waals surface area (Å²) in [6.07, 6.45) is 12.6. The average molecular weight is 568 g/mol. The minimum atomic E-state index is -1.85. The summed E-state index contributed by atoms with van der Waals surface area (Å²) < 4.78 is 0. The summed E-state index contributed by atoms with van der Waals surface area (Å²) >= 11 is 3.69. The quantitative estimate of drug-likeness (QED) is 0.240. The topological polar surface area (TPSA) is 26.0 Å². The van der Waals surface area contributed by atoms with Gasteiger partial charge in [0.2, 0.25) is 0 Å². The van der Waals surface area contributed by atoms with Gasteiger partial charge in [-0.1, -0.05) is 74.5 Å². The maximum absolute atomic E-state index is 7.13. The Kier molecular flexibility index (Phi) is 8.56. The molecule has 1 aliphatic carbocycles. The number of fused-ring (bicyclic) bond motifs is 1. The number of hydrogen-bond donors (Lipinski definition) is 1. The fourth-order valence-electron chi connectivity index (χ4n) is 5.68. The van der Waals surface area contributed by atoms with Crippen LogP contribution in [0.25, 0.3) is 5.70 Å². The number of rotatable bonds is 7. The van der Waals surface area contributed by atoms with E-state index in [9.17, 15) is 0 Å². The molecule has 0 saturated heterocycles. The molecule has 0 saturated carbocycles. The number of benzene rings is 3. The third kappa shape index (κ3) is 5.06. The molecule has 3 aromatic carbocycles. The maximum Gasteiger partial charge on any atom is 0.0410 e. The monoisotopic (exact) mass is 567 g/mol. The Morgan fingerprint density at radius 3 is 1.74 bits per heavy atom. The van der Waals surface area contributed by atoms with Crippen molar-refractivity contribution in [3.05, 3.63) is 141 Å². The Balaban J connectivity index is 1.90. The summed E-state index contributed by atoms with van der Waals surface area (Å²) in [4.78, 5) is 7.87. The molecule has 1 aromatic heterocycles. The van der Waals surface area contributed by atoms with Crippen LogP contribution >= 0.6 is 33.1 Å². The van der Waals surface area contributed by atoms with Crippen molar-refractivity contribution in [1.29, 1.82) is 0 Å². The summed E-state index contributed by atoms with van der Waals surface area (Å²) in [6, 6.07) is 35.3. The molecule has 2 N–H and O–H groups in total. The Labute approximate surface area is 243 Å². The number of hydrogen-bond acceptors (Lipinski definition) is 3. The molecule has 5 rings (SSSR count). The lowest BCUT2D eigenvalue weighted by atomic mass is 9.76. The van der Waals surface area contributed by atoms with Crippen molar-refractivity contribution < 1.29 is 0 Å². The van der Waals surface area contributed by atoms with Gasteiger partial charge < -0.3 is 5.73 Å². The molecule has 0 spiro atoms. The van der Waals surface area contributed by atoms with Crippen LogP contribution in [-0.4, -0.2) is 6.26 Å². The highest BCUT2D eigenvalue weighted by Crippen LogP contribution is 2.74. The Hall–Kier alpha value is -2.92. The fourth-order valence-corrected chi connectivity index (χ4v) is 11.5. The Bertz CT molecular complexity index is 1380. The van der Waals surface area contributed by atoms with Crippen LogP contribution in [0.15, 0.2) is 145 Å². The van der Waals surface area contributed by atoms with Gasteiger partial charge in [-0.15, -0.1) is 33.1 Å². The molecule has 0 aliphatic heterocycles. The second kappa shape index (κ2) is 12.1. The van der Waals surface area contributed by atoms with E-state index < -0.39 is 10.0 Å². The van der Waals surface area contributed by atoms with Gasteiger partial charge >= 0.3 is 0 Å². The third-order valence-electron chi connectivity index (χ3n) is 7.97. The number of allylic oxidation sites excluding steroid dienone is 3. The largest absolute Gasteiger partial charge is 0.398 e. The minimum Gasteiger partial charge on any atom is -0.398 e.